The van der Waals surface area contributed by atoms with Gasteiger partial charge in [0.25, 0.3) is 0 Å². The number of rotatable bonds is 4. The first-order valence-electron chi connectivity index (χ1n) is 7.34. The molecule has 3 rings (SSSR count). The van der Waals surface area contributed by atoms with Gasteiger partial charge in [0.15, 0.2) is 0 Å². The second-order valence-electron chi connectivity index (χ2n) is 5.40. The minimum atomic E-state index is 0.270. The standard InChI is InChI=1S/C15H21N5O/c1-20(10-11-6-4-5-9-21-11)14-12-7-2-3-8-13(12)17-15(18-14)19-16/h2-3,7-8,11H,4-6,9-10,16H2,1H3,(H,17,18,19). The SMILES string of the molecule is CN(CC1CCCCO1)c1nc(NN)nc2ccccc12. The second-order valence-corrected chi connectivity index (χ2v) is 5.40. The van der Waals surface area contributed by atoms with Gasteiger partial charge in [0.2, 0.25) is 5.95 Å². The number of nitrogens with zero attached hydrogens (tertiary/aromatic N) is 3. The summed E-state index contributed by atoms with van der Waals surface area (Å²) in [5, 5.41) is 1.02. The van der Waals surface area contributed by atoms with Crippen molar-refractivity contribution < 1.29 is 4.74 Å². The Hall–Kier alpha value is -1.92. The van der Waals surface area contributed by atoms with Crippen molar-refractivity contribution >= 4 is 22.7 Å². The molecule has 1 atom stereocenters. The molecule has 1 aromatic carbocycles. The fourth-order valence-corrected chi connectivity index (χ4v) is 2.76. The van der Waals surface area contributed by atoms with Crippen molar-refractivity contribution in [3.8, 4) is 0 Å². The van der Waals surface area contributed by atoms with Crippen LogP contribution in [0.4, 0.5) is 11.8 Å². The molecule has 1 fully saturated rings. The van der Waals surface area contributed by atoms with Crippen LogP contribution in [0.3, 0.4) is 0 Å². The largest absolute Gasteiger partial charge is 0.376 e. The van der Waals surface area contributed by atoms with Crippen LogP contribution in [0.25, 0.3) is 10.9 Å². The molecule has 1 aromatic heterocycles. The van der Waals surface area contributed by atoms with E-state index < -0.39 is 0 Å². The number of nitrogens with two attached hydrogens (primary N) is 1. The lowest BCUT2D eigenvalue weighted by atomic mass is 10.1. The number of benzene rings is 1. The zero-order valence-corrected chi connectivity index (χ0v) is 12.2. The summed E-state index contributed by atoms with van der Waals surface area (Å²) in [6, 6.07) is 7.95. The molecule has 0 spiro atoms. The van der Waals surface area contributed by atoms with Crippen molar-refractivity contribution in [3.05, 3.63) is 24.3 Å². The van der Waals surface area contributed by atoms with E-state index in [1.165, 1.54) is 6.42 Å². The van der Waals surface area contributed by atoms with Gasteiger partial charge in [0.05, 0.1) is 11.6 Å². The predicted octanol–water partition coefficient (Wildman–Crippen LogP) is 1.92. The Kier molecular flexibility index (Phi) is 4.17. The molecular formula is C15H21N5O. The topological polar surface area (TPSA) is 76.3 Å². The highest BCUT2D eigenvalue weighted by Crippen LogP contribution is 2.25. The van der Waals surface area contributed by atoms with Crippen LogP contribution >= 0.6 is 0 Å². The Morgan fingerprint density at radius 3 is 2.95 bits per heavy atom. The van der Waals surface area contributed by atoms with Gasteiger partial charge in [-0.15, -0.1) is 0 Å². The Morgan fingerprint density at radius 2 is 2.19 bits per heavy atom. The highest BCUT2D eigenvalue weighted by molar-refractivity contribution is 5.90. The van der Waals surface area contributed by atoms with Crippen molar-refractivity contribution in [2.75, 3.05) is 30.5 Å². The first kappa shape index (κ1) is 14.0. The van der Waals surface area contributed by atoms with E-state index in [9.17, 15) is 0 Å². The number of hydrazine groups is 1. The first-order chi connectivity index (χ1) is 10.3. The van der Waals surface area contributed by atoms with Gasteiger partial charge in [0.1, 0.15) is 5.82 Å². The van der Waals surface area contributed by atoms with E-state index in [-0.39, 0.29) is 6.10 Å². The minimum Gasteiger partial charge on any atom is -0.376 e. The van der Waals surface area contributed by atoms with Crippen LogP contribution in [0, 0.1) is 0 Å². The molecule has 112 valence electrons. The van der Waals surface area contributed by atoms with Gasteiger partial charge in [-0.2, -0.15) is 4.98 Å². The summed E-state index contributed by atoms with van der Waals surface area (Å²) in [5.41, 5.74) is 3.42. The van der Waals surface area contributed by atoms with E-state index >= 15 is 0 Å². The van der Waals surface area contributed by atoms with E-state index in [0.29, 0.717) is 5.95 Å². The molecule has 6 nitrogen and oxygen atoms in total. The van der Waals surface area contributed by atoms with Crippen LogP contribution in [0.1, 0.15) is 19.3 Å². The number of likely N-dealkylation sites (N-methyl/N-ethyl adjacent to an activating group) is 1. The second kappa shape index (κ2) is 6.24. The molecule has 6 heteroatoms. The maximum Gasteiger partial charge on any atom is 0.239 e. The molecule has 1 aliphatic rings. The summed E-state index contributed by atoms with van der Waals surface area (Å²) in [4.78, 5) is 11.0. The van der Waals surface area contributed by atoms with E-state index in [2.05, 4.69) is 20.3 Å². The third-order valence-electron chi connectivity index (χ3n) is 3.83. The maximum atomic E-state index is 5.81. The smallest absolute Gasteiger partial charge is 0.239 e. The van der Waals surface area contributed by atoms with Crippen molar-refractivity contribution in [2.45, 2.75) is 25.4 Å². The molecule has 1 unspecified atom stereocenters. The molecule has 2 aromatic rings. The number of aromatic nitrogens is 2. The number of hydrogen-bond acceptors (Lipinski definition) is 6. The van der Waals surface area contributed by atoms with Crippen LogP contribution in [-0.2, 0) is 4.74 Å². The highest BCUT2D eigenvalue weighted by atomic mass is 16.5. The fourth-order valence-electron chi connectivity index (χ4n) is 2.76. The molecule has 0 bridgehead atoms. The maximum absolute atomic E-state index is 5.81. The van der Waals surface area contributed by atoms with Crippen molar-refractivity contribution in [1.29, 1.82) is 0 Å². The van der Waals surface area contributed by atoms with Crippen LogP contribution < -0.4 is 16.2 Å². The lowest BCUT2D eigenvalue weighted by Crippen LogP contribution is -2.34. The summed E-state index contributed by atoms with van der Waals surface area (Å²) >= 11 is 0. The fraction of sp³-hybridized carbons (Fsp3) is 0.467. The van der Waals surface area contributed by atoms with Gasteiger partial charge in [-0.25, -0.2) is 10.8 Å². The average molecular weight is 287 g/mol. The number of fused-ring (bicyclic) bond motifs is 1. The number of nitrogens with one attached hydrogen (secondary N) is 1. The zero-order chi connectivity index (χ0) is 14.7. The van der Waals surface area contributed by atoms with Gasteiger partial charge in [-0.1, -0.05) is 12.1 Å². The third kappa shape index (κ3) is 3.06. The Labute approximate surface area is 124 Å². The summed E-state index contributed by atoms with van der Waals surface area (Å²) in [6.07, 6.45) is 3.78. The lowest BCUT2D eigenvalue weighted by Gasteiger charge is -2.28. The van der Waals surface area contributed by atoms with Gasteiger partial charge in [-0.3, -0.25) is 5.43 Å². The van der Waals surface area contributed by atoms with Crippen LogP contribution in [-0.4, -0.2) is 36.3 Å². The Bertz CT molecular complexity index is 612. The highest BCUT2D eigenvalue weighted by Gasteiger charge is 2.18. The van der Waals surface area contributed by atoms with Crippen LogP contribution in [0.15, 0.2) is 24.3 Å². The monoisotopic (exact) mass is 287 g/mol. The molecule has 2 heterocycles. The molecule has 0 radical (unpaired) electrons. The van der Waals surface area contributed by atoms with Crippen LogP contribution in [0.5, 0.6) is 0 Å². The number of anilines is 2. The van der Waals surface area contributed by atoms with Crippen molar-refractivity contribution in [1.82, 2.24) is 9.97 Å². The molecule has 1 aliphatic heterocycles. The first-order valence-corrected chi connectivity index (χ1v) is 7.34. The Morgan fingerprint density at radius 1 is 1.33 bits per heavy atom. The molecule has 1 saturated heterocycles. The van der Waals surface area contributed by atoms with E-state index in [1.807, 2.05) is 31.3 Å². The normalized spacial score (nSPS) is 18.7. The molecule has 0 amide bonds. The van der Waals surface area contributed by atoms with Crippen LogP contribution in [0.2, 0.25) is 0 Å². The van der Waals surface area contributed by atoms with Gasteiger partial charge in [-0.05, 0) is 31.4 Å². The summed E-state index contributed by atoms with van der Waals surface area (Å²) in [7, 11) is 2.03. The third-order valence-corrected chi connectivity index (χ3v) is 3.83. The van der Waals surface area contributed by atoms with Gasteiger partial charge < -0.3 is 9.64 Å². The lowest BCUT2D eigenvalue weighted by molar-refractivity contribution is 0.0215. The summed E-state index contributed by atoms with van der Waals surface area (Å²) < 4.78 is 5.81. The van der Waals surface area contributed by atoms with Gasteiger partial charge >= 0.3 is 0 Å². The van der Waals surface area contributed by atoms with E-state index in [1.54, 1.807) is 0 Å². The Balaban J connectivity index is 1.90. The van der Waals surface area contributed by atoms with E-state index in [4.69, 9.17) is 10.6 Å². The zero-order valence-electron chi connectivity index (χ0n) is 12.2. The summed E-state index contributed by atoms with van der Waals surface area (Å²) in [5.74, 6) is 6.78. The minimum absolute atomic E-state index is 0.270. The molecule has 0 saturated carbocycles. The van der Waals surface area contributed by atoms with Crippen molar-refractivity contribution in [2.24, 2.45) is 5.84 Å². The molecule has 0 aliphatic carbocycles. The number of para-hydroxylation sites is 1. The van der Waals surface area contributed by atoms with Gasteiger partial charge in [0, 0.05) is 25.6 Å². The summed E-state index contributed by atoms with van der Waals surface area (Å²) in [6.45, 7) is 1.68. The molecular weight excluding hydrogens is 266 g/mol. The predicted molar refractivity (Wildman–Crippen MR) is 84.2 cm³/mol. The average Bonchev–Trinajstić information content (AvgIpc) is 2.54. The van der Waals surface area contributed by atoms with E-state index in [0.717, 1.165) is 42.7 Å². The molecule has 3 N–H and O–H groups in total. The quantitative estimate of drug-likeness (QED) is 0.661. The number of ether oxygens (including phenoxy) is 1. The van der Waals surface area contributed by atoms with Crippen molar-refractivity contribution in [3.63, 3.8) is 0 Å². The molecule has 21 heavy (non-hydrogen) atoms. The number of nitrogen functional groups attached to an aromatic ring is 1. The number of hydrogen-bond donors (Lipinski definition) is 2.